The maximum atomic E-state index is 12.2. The van der Waals surface area contributed by atoms with Crippen LogP contribution in [0.3, 0.4) is 0 Å². The lowest BCUT2D eigenvalue weighted by Crippen LogP contribution is -2.44. The zero-order valence-electron chi connectivity index (χ0n) is 19.2. The van der Waals surface area contributed by atoms with Gasteiger partial charge in [0.05, 0.1) is 7.11 Å². The van der Waals surface area contributed by atoms with E-state index in [0.717, 1.165) is 44.0 Å². The molecule has 1 aliphatic rings. The highest BCUT2D eigenvalue weighted by atomic mass is 127. The Morgan fingerprint density at radius 3 is 2.42 bits per heavy atom. The van der Waals surface area contributed by atoms with Gasteiger partial charge in [0.15, 0.2) is 5.96 Å². The number of aliphatic imine (C=N–C) groups is 1. The van der Waals surface area contributed by atoms with Crippen LogP contribution >= 0.6 is 24.0 Å². The Kier molecular flexibility index (Phi) is 13.6. The van der Waals surface area contributed by atoms with Gasteiger partial charge in [0.2, 0.25) is 5.91 Å². The normalized spacial score (nSPS) is 15.1. The van der Waals surface area contributed by atoms with Gasteiger partial charge in [-0.3, -0.25) is 4.79 Å². The van der Waals surface area contributed by atoms with E-state index in [9.17, 15) is 4.79 Å². The fourth-order valence-corrected chi connectivity index (χ4v) is 3.84. The van der Waals surface area contributed by atoms with E-state index in [1.54, 1.807) is 7.11 Å². The van der Waals surface area contributed by atoms with Crippen molar-refractivity contribution in [3.8, 4) is 5.75 Å². The second-order valence-corrected chi connectivity index (χ2v) is 7.83. The van der Waals surface area contributed by atoms with E-state index in [-0.39, 0.29) is 41.8 Å². The van der Waals surface area contributed by atoms with Gasteiger partial charge in [-0.2, -0.15) is 0 Å². The number of nitrogens with one attached hydrogen (secondary N) is 3. The molecule has 1 aliphatic carbocycles. The third kappa shape index (κ3) is 10.1. The SMILES string of the molecule is CCNC(=NCC(=O)NCc1ccc(OC)cc1)NCC1(CCOCC)CCCC1.I. The summed E-state index contributed by atoms with van der Waals surface area (Å²) in [7, 11) is 1.64. The van der Waals surface area contributed by atoms with Crippen molar-refractivity contribution in [2.75, 3.05) is 40.0 Å². The molecule has 176 valence electrons. The lowest BCUT2D eigenvalue weighted by molar-refractivity contribution is -0.119. The molecule has 31 heavy (non-hydrogen) atoms. The zero-order valence-corrected chi connectivity index (χ0v) is 21.5. The van der Waals surface area contributed by atoms with Crippen molar-refractivity contribution in [1.29, 1.82) is 0 Å². The number of guanidine groups is 1. The average molecular weight is 546 g/mol. The molecule has 8 heteroatoms. The van der Waals surface area contributed by atoms with Gasteiger partial charge in [-0.05, 0) is 56.2 Å². The van der Waals surface area contributed by atoms with Crippen molar-refractivity contribution in [1.82, 2.24) is 16.0 Å². The molecule has 0 saturated heterocycles. The summed E-state index contributed by atoms with van der Waals surface area (Å²) in [4.78, 5) is 16.7. The number of benzene rings is 1. The summed E-state index contributed by atoms with van der Waals surface area (Å²) in [5, 5.41) is 9.62. The van der Waals surface area contributed by atoms with Crippen LogP contribution in [-0.4, -0.2) is 51.8 Å². The highest BCUT2D eigenvalue weighted by molar-refractivity contribution is 14.0. The predicted molar refractivity (Wildman–Crippen MR) is 136 cm³/mol. The van der Waals surface area contributed by atoms with Gasteiger partial charge >= 0.3 is 0 Å². The molecule has 0 atom stereocenters. The summed E-state index contributed by atoms with van der Waals surface area (Å²) in [6.07, 6.45) is 6.05. The Morgan fingerprint density at radius 1 is 1.10 bits per heavy atom. The number of methoxy groups -OCH3 is 1. The Morgan fingerprint density at radius 2 is 1.81 bits per heavy atom. The van der Waals surface area contributed by atoms with Crippen molar-refractivity contribution in [2.45, 2.75) is 52.5 Å². The van der Waals surface area contributed by atoms with Crippen molar-refractivity contribution in [3.05, 3.63) is 29.8 Å². The second kappa shape index (κ2) is 15.3. The number of carbonyl (C=O) groups excluding carboxylic acids is 1. The summed E-state index contributed by atoms with van der Waals surface area (Å²) >= 11 is 0. The molecule has 1 saturated carbocycles. The van der Waals surface area contributed by atoms with E-state index < -0.39 is 0 Å². The molecule has 0 heterocycles. The van der Waals surface area contributed by atoms with Gasteiger partial charge < -0.3 is 25.4 Å². The second-order valence-electron chi connectivity index (χ2n) is 7.83. The van der Waals surface area contributed by atoms with Gasteiger partial charge in [0.25, 0.3) is 0 Å². The van der Waals surface area contributed by atoms with E-state index in [1.165, 1.54) is 25.7 Å². The Hall–Kier alpha value is -1.55. The van der Waals surface area contributed by atoms with Crippen molar-refractivity contribution < 1.29 is 14.3 Å². The molecule has 3 N–H and O–H groups in total. The Labute approximate surface area is 204 Å². The molecule has 1 amide bonds. The van der Waals surface area contributed by atoms with Crippen LogP contribution in [0.15, 0.2) is 29.3 Å². The largest absolute Gasteiger partial charge is 0.497 e. The topological polar surface area (TPSA) is 84.0 Å². The minimum absolute atomic E-state index is 0. The summed E-state index contributed by atoms with van der Waals surface area (Å²) in [5.74, 6) is 1.40. The van der Waals surface area contributed by atoms with Crippen LogP contribution in [0.2, 0.25) is 0 Å². The molecule has 2 rings (SSSR count). The van der Waals surface area contributed by atoms with Crippen LogP contribution < -0.4 is 20.7 Å². The molecule has 0 unspecified atom stereocenters. The lowest BCUT2D eigenvalue weighted by atomic mass is 9.83. The number of nitrogens with zero attached hydrogens (tertiary/aromatic N) is 1. The molecule has 7 nitrogen and oxygen atoms in total. The van der Waals surface area contributed by atoms with Crippen LogP contribution in [-0.2, 0) is 16.1 Å². The third-order valence-electron chi connectivity index (χ3n) is 5.65. The molecule has 0 radical (unpaired) electrons. The van der Waals surface area contributed by atoms with Crippen molar-refractivity contribution in [2.24, 2.45) is 10.4 Å². The Bertz CT molecular complexity index is 661. The standard InChI is InChI=1S/C23H38N4O3.HI/c1-4-24-22(27-18-23(12-6-7-13-23)14-15-30-5-2)26-17-21(28)25-16-19-8-10-20(29-3)11-9-19;/h8-11H,4-7,12-18H2,1-3H3,(H,25,28)(H2,24,26,27);1H. The third-order valence-corrected chi connectivity index (χ3v) is 5.65. The Balaban J connectivity index is 0.00000480. The molecule has 1 fully saturated rings. The smallest absolute Gasteiger partial charge is 0.242 e. The number of carbonyl (C=O) groups is 1. The minimum atomic E-state index is -0.102. The average Bonchev–Trinajstić information content (AvgIpc) is 3.24. The van der Waals surface area contributed by atoms with E-state index in [1.807, 2.05) is 38.1 Å². The van der Waals surface area contributed by atoms with Gasteiger partial charge in [-0.15, -0.1) is 24.0 Å². The first-order valence-electron chi connectivity index (χ1n) is 11.1. The number of hydrogen-bond donors (Lipinski definition) is 3. The number of hydrogen-bond acceptors (Lipinski definition) is 4. The van der Waals surface area contributed by atoms with Gasteiger partial charge in [0.1, 0.15) is 12.3 Å². The molecule has 1 aromatic carbocycles. The molecule has 0 bridgehead atoms. The predicted octanol–water partition coefficient (Wildman–Crippen LogP) is 3.47. The maximum Gasteiger partial charge on any atom is 0.242 e. The first-order valence-corrected chi connectivity index (χ1v) is 11.1. The van der Waals surface area contributed by atoms with Crippen molar-refractivity contribution >= 4 is 35.8 Å². The van der Waals surface area contributed by atoms with E-state index in [4.69, 9.17) is 9.47 Å². The molecule has 0 aliphatic heterocycles. The first-order chi connectivity index (χ1) is 14.6. The van der Waals surface area contributed by atoms with E-state index >= 15 is 0 Å². The summed E-state index contributed by atoms with van der Waals surface area (Å²) < 4.78 is 10.7. The number of rotatable bonds is 12. The first kappa shape index (κ1) is 27.5. The lowest BCUT2D eigenvalue weighted by Gasteiger charge is -2.30. The van der Waals surface area contributed by atoms with E-state index in [2.05, 4.69) is 20.9 Å². The van der Waals surface area contributed by atoms with E-state index in [0.29, 0.717) is 12.5 Å². The van der Waals surface area contributed by atoms with Gasteiger partial charge in [-0.1, -0.05) is 25.0 Å². The summed E-state index contributed by atoms with van der Waals surface area (Å²) in [6, 6.07) is 7.66. The monoisotopic (exact) mass is 546 g/mol. The quantitative estimate of drug-likeness (QED) is 0.162. The zero-order chi connectivity index (χ0) is 21.7. The van der Waals surface area contributed by atoms with Gasteiger partial charge in [0, 0.05) is 32.8 Å². The number of halogens is 1. The molecular weight excluding hydrogens is 507 g/mol. The van der Waals surface area contributed by atoms with Crippen molar-refractivity contribution in [3.63, 3.8) is 0 Å². The van der Waals surface area contributed by atoms with Crippen LogP contribution in [0.4, 0.5) is 0 Å². The van der Waals surface area contributed by atoms with Crippen LogP contribution in [0.25, 0.3) is 0 Å². The minimum Gasteiger partial charge on any atom is -0.497 e. The molecule has 1 aromatic rings. The van der Waals surface area contributed by atoms with Crippen LogP contribution in [0.5, 0.6) is 5.75 Å². The molecule has 0 spiro atoms. The highest BCUT2D eigenvalue weighted by Gasteiger charge is 2.33. The summed E-state index contributed by atoms with van der Waals surface area (Å²) in [6.45, 7) is 7.82. The molecule has 0 aromatic heterocycles. The van der Waals surface area contributed by atoms with Crippen LogP contribution in [0.1, 0.15) is 51.5 Å². The number of amides is 1. The fourth-order valence-electron chi connectivity index (χ4n) is 3.84. The van der Waals surface area contributed by atoms with Crippen LogP contribution in [0, 0.1) is 5.41 Å². The maximum absolute atomic E-state index is 12.2. The number of ether oxygens (including phenoxy) is 2. The molecular formula is C23H39IN4O3. The highest BCUT2D eigenvalue weighted by Crippen LogP contribution is 2.40. The van der Waals surface area contributed by atoms with Gasteiger partial charge in [-0.25, -0.2) is 4.99 Å². The summed E-state index contributed by atoms with van der Waals surface area (Å²) in [5.41, 5.74) is 1.29. The fraction of sp³-hybridized carbons (Fsp3) is 0.652.